The van der Waals surface area contributed by atoms with Gasteiger partial charge in [-0.05, 0) is 49.4 Å². The highest BCUT2D eigenvalue weighted by atomic mass is 32.1. The summed E-state index contributed by atoms with van der Waals surface area (Å²) >= 11 is 1.09. The lowest BCUT2D eigenvalue weighted by Gasteiger charge is -2.13. The number of hydrogen-bond acceptors (Lipinski definition) is 5. The van der Waals surface area contributed by atoms with Crippen molar-refractivity contribution in [1.82, 2.24) is 0 Å². The van der Waals surface area contributed by atoms with Gasteiger partial charge in [-0.15, -0.1) is 11.3 Å². The number of halogens is 1. The number of esters is 1. The molecule has 0 fully saturated rings. The molecule has 3 aromatic rings. The van der Waals surface area contributed by atoms with E-state index >= 15 is 0 Å². The molecule has 0 saturated heterocycles. The molecule has 3 rings (SSSR count). The zero-order chi connectivity index (χ0) is 19.6. The predicted octanol–water partition coefficient (Wildman–Crippen LogP) is 3.32. The molecular weight excluding hydrogens is 371 g/mol. The molecule has 27 heavy (non-hydrogen) atoms. The Hall–Kier alpha value is -3.26. The smallest absolute Gasteiger partial charge is 0.349 e. The first-order valence-electron chi connectivity index (χ1n) is 7.95. The van der Waals surface area contributed by atoms with Crippen LogP contribution in [0.3, 0.4) is 0 Å². The number of nitrogens with one attached hydrogen (secondary N) is 1. The minimum Gasteiger partial charge on any atom is -0.448 e. The molecule has 0 aliphatic rings. The SMILES string of the molecule is C[C@H](OC(=O)c1cc2c(F)cccc2s1)C(=O)Nc1ccc(C(N)=O)cc1. The summed E-state index contributed by atoms with van der Waals surface area (Å²) in [5.41, 5.74) is 5.89. The molecule has 0 aliphatic heterocycles. The summed E-state index contributed by atoms with van der Waals surface area (Å²) in [6.45, 7) is 1.43. The Kier molecular flexibility index (Phi) is 5.18. The number of thiophene rings is 1. The summed E-state index contributed by atoms with van der Waals surface area (Å²) < 4.78 is 19.5. The van der Waals surface area contributed by atoms with Crippen molar-refractivity contribution in [1.29, 1.82) is 0 Å². The average Bonchev–Trinajstić information content (AvgIpc) is 3.08. The van der Waals surface area contributed by atoms with Crippen LogP contribution in [-0.4, -0.2) is 23.9 Å². The van der Waals surface area contributed by atoms with Crippen molar-refractivity contribution in [2.45, 2.75) is 13.0 Å². The van der Waals surface area contributed by atoms with Gasteiger partial charge >= 0.3 is 5.97 Å². The van der Waals surface area contributed by atoms with Crippen molar-refractivity contribution >= 4 is 44.9 Å². The Labute approximate surface area is 157 Å². The van der Waals surface area contributed by atoms with Crippen molar-refractivity contribution in [2.75, 3.05) is 5.32 Å². The Morgan fingerprint density at radius 2 is 1.85 bits per heavy atom. The molecule has 1 aromatic heterocycles. The second-order valence-corrected chi connectivity index (χ2v) is 6.82. The molecule has 0 bridgehead atoms. The molecule has 8 heteroatoms. The van der Waals surface area contributed by atoms with E-state index in [1.54, 1.807) is 12.1 Å². The number of nitrogens with two attached hydrogens (primary N) is 1. The number of rotatable bonds is 5. The summed E-state index contributed by atoms with van der Waals surface area (Å²) in [4.78, 5) is 35.7. The lowest BCUT2D eigenvalue weighted by molar-refractivity contribution is -0.123. The van der Waals surface area contributed by atoms with Crippen molar-refractivity contribution in [3.8, 4) is 0 Å². The van der Waals surface area contributed by atoms with Crippen molar-refractivity contribution < 1.29 is 23.5 Å². The van der Waals surface area contributed by atoms with Gasteiger partial charge in [0.05, 0.1) is 0 Å². The molecule has 0 saturated carbocycles. The third-order valence-corrected chi connectivity index (χ3v) is 4.88. The van der Waals surface area contributed by atoms with Crippen LogP contribution in [0.2, 0.25) is 0 Å². The Bertz CT molecular complexity index is 1030. The molecule has 0 unspecified atom stereocenters. The number of amides is 2. The monoisotopic (exact) mass is 386 g/mol. The molecular formula is C19H15FN2O4S. The summed E-state index contributed by atoms with van der Waals surface area (Å²) in [5.74, 6) is -2.24. The van der Waals surface area contributed by atoms with Gasteiger partial charge in [-0.1, -0.05) is 6.07 Å². The van der Waals surface area contributed by atoms with Gasteiger partial charge in [0.25, 0.3) is 5.91 Å². The fourth-order valence-corrected chi connectivity index (χ4v) is 3.32. The van der Waals surface area contributed by atoms with Gasteiger partial charge in [-0.2, -0.15) is 0 Å². The van der Waals surface area contributed by atoms with Crippen LogP contribution in [0.4, 0.5) is 10.1 Å². The van der Waals surface area contributed by atoms with Gasteiger partial charge in [0.2, 0.25) is 5.91 Å². The minimum atomic E-state index is -1.07. The highest BCUT2D eigenvalue weighted by molar-refractivity contribution is 7.20. The van der Waals surface area contributed by atoms with Gasteiger partial charge in [0.1, 0.15) is 10.7 Å². The molecule has 3 N–H and O–H groups in total. The maximum Gasteiger partial charge on any atom is 0.349 e. The van der Waals surface area contributed by atoms with E-state index in [-0.39, 0.29) is 4.88 Å². The van der Waals surface area contributed by atoms with Crippen LogP contribution in [-0.2, 0) is 9.53 Å². The second-order valence-electron chi connectivity index (χ2n) is 5.74. The van der Waals surface area contributed by atoms with E-state index < -0.39 is 29.7 Å². The third-order valence-electron chi connectivity index (χ3n) is 3.80. The zero-order valence-corrected chi connectivity index (χ0v) is 15.0. The van der Waals surface area contributed by atoms with E-state index in [4.69, 9.17) is 10.5 Å². The summed E-state index contributed by atoms with van der Waals surface area (Å²) in [6, 6.07) is 12.0. The van der Waals surface area contributed by atoms with Gasteiger partial charge in [0, 0.05) is 21.3 Å². The number of ether oxygens (including phenoxy) is 1. The maximum atomic E-state index is 13.7. The van der Waals surface area contributed by atoms with Crippen LogP contribution < -0.4 is 11.1 Å². The molecule has 2 aromatic carbocycles. The Morgan fingerprint density at radius 1 is 1.15 bits per heavy atom. The highest BCUT2D eigenvalue weighted by Crippen LogP contribution is 2.28. The summed E-state index contributed by atoms with van der Waals surface area (Å²) in [5, 5.41) is 2.91. The normalized spacial score (nSPS) is 11.8. The molecule has 0 aliphatic carbocycles. The van der Waals surface area contributed by atoms with Gasteiger partial charge < -0.3 is 15.8 Å². The first kappa shape index (κ1) is 18.5. The predicted molar refractivity (Wildman–Crippen MR) is 100 cm³/mol. The van der Waals surface area contributed by atoms with E-state index in [9.17, 15) is 18.8 Å². The number of primary amides is 1. The van der Waals surface area contributed by atoms with Crippen LogP contribution >= 0.6 is 11.3 Å². The van der Waals surface area contributed by atoms with Crippen LogP contribution in [0.15, 0.2) is 48.5 Å². The fourth-order valence-electron chi connectivity index (χ4n) is 2.36. The van der Waals surface area contributed by atoms with Crippen molar-refractivity contribution in [3.05, 3.63) is 64.8 Å². The number of benzene rings is 2. The Balaban J connectivity index is 1.65. The largest absolute Gasteiger partial charge is 0.448 e. The molecule has 1 heterocycles. The van der Waals surface area contributed by atoms with Gasteiger partial charge in [-0.3, -0.25) is 9.59 Å². The van der Waals surface area contributed by atoms with E-state index in [2.05, 4.69) is 5.32 Å². The number of hydrogen-bond donors (Lipinski definition) is 2. The van der Waals surface area contributed by atoms with Crippen LogP contribution in [0.1, 0.15) is 27.0 Å². The molecule has 2 amide bonds. The van der Waals surface area contributed by atoms with E-state index in [0.29, 0.717) is 21.3 Å². The summed E-state index contributed by atoms with van der Waals surface area (Å²) in [7, 11) is 0. The standard InChI is InChI=1S/C19H15FN2O4S/c1-10(18(24)22-12-7-5-11(6-8-12)17(21)23)26-19(25)16-9-13-14(20)3-2-4-15(13)27-16/h2-10H,1H3,(H2,21,23)(H,22,24)/t10-/m0/s1. The van der Waals surface area contributed by atoms with Crippen LogP contribution in [0.25, 0.3) is 10.1 Å². The maximum absolute atomic E-state index is 13.7. The number of carbonyl (C=O) groups is 3. The van der Waals surface area contributed by atoms with E-state index in [0.717, 1.165) is 11.3 Å². The van der Waals surface area contributed by atoms with Crippen LogP contribution in [0.5, 0.6) is 0 Å². The minimum absolute atomic E-state index is 0.209. The van der Waals surface area contributed by atoms with Crippen molar-refractivity contribution in [3.63, 3.8) is 0 Å². The zero-order valence-electron chi connectivity index (χ0n) is 14.2. The van der Waals surface area contributed by atoms with Gasteiger partial charge in [0.15, 0.2) is 6.10 Å². The van der Waals surface area contributed by atoms with E-state index in [1.165, 1.54) is 43.3 Å². The fraction of sp³-hybridized carbons (Fsp3) is 0.105. The summed E-state index contributed by atoms with van der Waals surface area (Å²) in [6.07, 6.45) is -1.07. The first-order chi connectivity index (χ1) is 12.8. The number of anilines is 1. The topological polar surface area (TPSA) is 98.5 Å². The first-order valence-corrected chi connectivity index (χ1v) is 8.76. The second kappa shape index (κ2) is 7.55. The molecule has 0 radical (unpaired) electrons. The number of carbonyl (C=O) groups excluding carboxylic acids is 3. The third kappa shape index (κ3) is 4.12. The molecule has 138 valence electrons. The number of fused-ring (bicyclic) bond motifs is 1. The lowest BCUT2D eigenvalue weighted by Crippen LogP contribution is -2.29. The van der Waals surface area contributed by atoms with Crippen LogP contribution in [0, 0.1) is 5.82 Å². The Morgan fingerprint density at radius 3 is 2.48 bits per heavy atom. The average molecular weight is 386 g/mol. The quantitative estimate of drug-likeness (QED) is 0.657. The van der Waals surface area contributed by atoms with E-state index in [1.807, 2.05) is 0 Å². The van der Waals surface area contributed by atoms with Crippen molar-refractivity contribution in [2.24, 2.45) is 5.73 Å². The highest BCUT2D eigenvalue weighted by Gasteiger charge is 2.21. The molecule has 0 spiro atoms. The molecule has 6 nitrogen and oxygen atoms in total. The lowest BCUT2D eigenvalue weighted by atomic mass is 10.2. The molecule has 1 atom stereocenters. The van der Waals surface area contributed by atoms with Gasteiger partial charge in [-0.25, -0.2) is 9.18 Å².